The van der Waals surface area contributed by atoms with Crippen molar-refractivity contribution in [2.75, 3.05) is 0 Å². The molecular weight excluding hydrogens is 306 g/mol. The topological polar surface area (TPSA) is 46.2 Å². The molecule has 3 rings (SSSR count). The van der Waals surface area contributed by atoms with E-state index in [4.69, 9.17) is 11.6 Å². The maximum atomic E-state index is 11.7. The van der Waals surface area contributed by atoms with Gasteiger partial charge in [0.2, 0.25) is 0 Å². The predicted molar refractivity (Wildman–Crippen MR) is 86.0 cm³/mol. The Morgan fingerprint density at radius 2 is 1.62 bits per heavy atom. The molecule has 1 aliphatic rings. The van der Waals surface area contributed by atoms with E-state index in [1.807, 2.05) is 48.5 Å². The van der Waals surface area contributed by atoms with E-state index in [1.165, 1.54) is 0 Å². The second-order valence-corrected chi connectivity index (χ2v) is 5.84. The zero-order chi connectivity index (χ0) is 14.8. The van der Waals surface area contributed by atoms with E-state index in [9.17, 15) is 9.59 Å². The molecule has 0 bridgehead atoms. The summed E-state index contributed by atoms with van der Waals surface area (Å²) in [6.07, 6.45) is 1.71. The summed E-state index contributed by atoms with van der Waals surface area (Å²) < 4.78 is 0. The zero-order valence-electron chi connectivity index (χ0n) is 10.8. The first-order chi connectivity index (χ1) is 10.1. The van der Waals surface area contributed by atoms with Crippen LogP contribution in [0.3, 0.4) is 0 Å². The first kappa shape index (κ1) is 13.9. The maximum Gasteiger partial charge on any atom is 0.290 e. The Morgan fingerprint density at radius 1 is 0.952 bits per heavy atom. The van der Waals surface area contributed by atoms with E-state index in [2.05, 4.69) is 5.32 Å². The molecule has 0 aromatic heterocycles. The molecule has 21 heavy (non-hydrogen) atoms. The number of benzene rings is 2. The van der Waals surface area contributed by atoms with Crippen LogP contribution in [0.5, 0.6) is 0 Å². The number of nitrogens with one attached hydrogen (secondary N) is 1. The van der Waals surface area contributed by atoms with Crippen molar-refractivity contribution in [3.63, 3.8) is 0 Å². The van der Waals surface area contributed by atoms with Gasteiger partial charge in [0.1, 0.15) is 0 Å². The molecule has 1 N–H and O–H groups in total. The molecule has 2 aromatic carbocycles. The first-order valence-corrected chi connectivity index (χ1v) is 7.43. The lowest BCUT2D eigenvalue weighted by molar-refractivity contribution is -0.115. The van der Waals surface area contributed by atoms with Gasteiger partial charge >= 0.3 is 0 Å². The molecule has 0 unspecified atom stereocenters. The average Bonchev–Trinajstić information content (AvgIpc) is 2.78. The van der Waals surface area contributed by atoms with Crippen molar-refractivity contribution in [3.8, 4) is 11.1 Å². The second kappa shape index (κ2) is 5.76. The maximum absolute atomic E-state index is 11.7. The molecule has 0 radical (unpaired) electrons. The average molecular weight is 316 g/mol. The summed E-state index contributed by atoms with van der Waals surface area (Å²) in [5, 5.41) is 2.54. The molecule has 3 nitrogen and oxygen atoms in total. The van der Waals surface area contributed by atoms with Crippen molar-refractivity contribution in [3.05, 3.63) is 64.0 Å². The zero-order valence-corrected chi connectivity index (χ0v) is 12.4. The van der Waals surface area contributed by atoms with Crippen LogP contribution in [0, 0.1) is 0 Å². The first-order valence-electron chi connectivity index (χ1n) is 6.24. The SMILES string of the molecule is O=C1NC(=O)/C(=C\c2ccccc2-c2ccccc2Cl)S1. The summed E-state index contributed by atoms with van der Waals surface area (Å²) in [5.74, 6) is -0.362. The highest BCUT2D eigenvalue weighted by atomic mass is 35.5. The monoisotopic (exact) mass is 315 g/mol. The second-order valence-electron chi connectivity index (χ2n) is 4.42. The van der Waals surface area contributed by atoms with E-state index in [0.29, 0.717) is 9.93 Å². The third-order valence-electron chi connectivity index (χ3n) is 3.05. The van der Waals surface area contributed by atoms with Gasteiger partial charge in [-0.25, -0.2) is 0 Å². The van der Waals surface area contributed by atoms with Gasteiger partial charge in [0, 0.05) is 10.6 Å². The number of halogens is 1. The van der Waals surface area contributed by atoms with Crippen LogP contribution >= 0.6 is 23.4 Å². The number of thioether (sulfide) groups is 1. The van der Waals surface area contributed by atoms with Gasteiger partial charge < -0.3 is 0 Å². The molecule has 2 amide bonds. The molecule has 1 fully saturated rings. The van der Waals surface area contributed by atoms with E-state index in [0.717, 1.165) is 28.5 Å². The van der Waals surface area contributed by atoms with Crippen molar-refractivity contribution in [2.24, 2.45) is 0 Å². The van der Waals surface area contributed by atoms with Crippen molar-refractivity contribution in [1.82, 2.24) is 5.32 Å². The van der Waals surface area contributed by atoms with Gasteiger partial charge in [-0.05, 0) is 35.0 Å². The van der Waals surface area contributed by atoms with Gasteiger partial charge in [-0.1, -0.05) is 54.1 Å². The van der Waals surface area contributed by atoms with E-state index in [-0.39, 0.29) is 11.1 Å². The molecule has 5 heteroatoms. The summed E-state index contributed by atoms with van der Waals surface area (Å²) in [5.41, 5.74) is 2.66. The third-order valence-corrected chi connectivity index (χ3v) is 4.19. The van der Waals surface area contributed by atoms with Gasteiger partial charge in [-0.3, -0.25) is 14.9 Å². The molecule has 1 heterocycles. The van der Waals surface area contributed by atoms with E-state index in [1.54, 1.807) is 6.08 Å². The molecule has 2 aromatic rings. The molecule has 1 saturated heterocycles. The number of hydrogen-bond acceptors (Lipinski definition) is 3. The number of rotatable bonds is 2. The molecule has 0 saturated carbocycles. The van der Waals surface area contributed by atoms with Gasteiger partial charge in [0.25, 0.3) is 11.1 Å². The van der Waals surface area contributed by atoms with Crippen molar-refractivity contribution in [1.29, 1.82) is 0 Å². The Labute approximate surface area is 131 Å². The van der Waals surface area contributed by atoms with Gasteiger partial charge in [-0.2, -0.15) is 0 Å². The quantitative estimate of drug-likeness (QED) is 0.839. The van der Waals surface area contributed by atoms with Crippen LogP contribution in [0.1, 0.15) is 5.56 Å². The highest BCUT2D eigenvalue weighted by Crippen LogP contribution is 2.33. The van der Waals surface area contributed by atoms with Crippen LogP contribution in [0.25, 0.3) is 17.2 Å². The minimum absolute atomic E-state index is 0.346. The molecule has 0 spiro atoms. The summed E-state index contributed by atoms with van der Waals surface area (Å²) in [4.78, 5) is 23.3. The largest absolute Gasteiger partial charge is 0.290 e. The molecule has 0 atom stereocenters. The summed E-state index contributed by atoms with van der Waals surface area (Å²) in [6.45, 7) is 0. The van der Waals surface area contributed by atoms with Crippen LogP contribution in [0.15, 0.2) is 53.4 Å². The lowest BCUT2D eigenvalue weighted by Crippen LogP contribution is -2.17. The molecular formula is C16H10ClNO2S. The Bertz CT molecular complexity index is 770. The fraction of sp³-hybridized carbons (Fsp3) is 0. The number of imide groups is 1. The highest BCUT2D eigenvalue weighted by Gasteiger charge is 2.25. The number of carbonyl (C=O) groups excluding carboxylic acids is 2. The van der Waals surface area contributed by atoms with Crippen molar-refractivity contribution >= 4 is 40.6 Å². The van der Waals surface area contributed by atoms with E-state index >= 15 is 0 Å². The standard InChI is InChI=1S/C16H10ClNO2S/c17-13-8-4-3-7-12(13)11-6-2-1-5-10(11)9-14-15(19)18-16(20)21-14/h1-9H,(H,18,19,20)/b14-9+. The van der Waals surface area contributed by atoms with Crippen LogP contribution in [-0.4, -0.2) is 11.1 Å². The Hall–Kier alpha value is -2.04. The summed E-state index contributed by atoms with van der Waals surface area (Å²) >= 11 is 7.15. The Balaban J connectivity index is 2.09. The van der Waals surface area contributed by atoms with Gasteiger partial charge in [0.15, 0.2) is 0 Å². The highest BCUT2D eigenvalue weighted by molar-refractivity contribution is 8.18. The Kier molecular flexibility index (Phi) is 3.82. The van der Waals surface area contributed by atoms with Gasteiger partial charge in [-0.15, -0.1) is 0 Å². The number of carbonyl (C=O) groups is 2. The fourth-order valence-electron chi connectivity index (χ4n) is 2.11. The normalized spacial score (nSPS) is 16.3. The number of amides is 2. The number of hydrogen-bond donors (Lipinski definition) is 1. The lowest BCUT2D eigenvalue weighted by Gasteiger charge is -2.08. The van der Waals surface area contributed by atoms with Crippen LogP contribution in [-0.2, 0) is 4.79 Å². The van der Waals surface area contributed by atoms with Crippen LogP contribution in [0.4, 0.5) is 4.79 Å². The smallest absolute Gasteiger partial charge is 0.282 e. The van der Waals surface area contributed by atoms with Crippen LogP contribution < -0.4 is 5.32 Å². The molecule has 1 aliphatic heterocycles. The lowest BCUT2D eigenvalue weighted by atomic mass is 9.99. The Morgan fingerprint density at radius 3 is 2.29 bits per heavy atom. The summed E-state index contributed by atoms with van der Waals surface area (Å²) in [6, 6.07) is 15.1. The summed E-state index contributed by atoms with van der Waals surface area (Å²) in [7, 11) is 0. The minimum atomic E-state index is -0.362. The van der Waals surface area contributed by atoms with Crippen molar-refractivity contribution in [2.45, 2.75) is 0 Å². The van der Waals surface area contributed by atoms with Crippen LogP contribution in [0.2, 0.25) is 5.02 Å². The molecule has 0 aliphatic carbocycles. The third kappa shape index (κ3) is 2.86. The van der Waals surface area contributed by atoms with Gasteiger partial charge in [0.05, 0.1) is 4.91 Å². The molecule has 104 valence electrons. The van der Waals surface area contributed by atoms with Crippen molar-refractivity contribution < 1.29 is 9.59 Å². The minimum Gasteiger partial charge on any atom is -0.282 e. The predicted octanol–water partition coefficient (Wildman–Crippen LogP) is 4.33. The fourth-order valence-corrected chi connectivity index (χ4v) is 3.02. The van der Waals surface area contributed by atoms with E-state index < -0.39 is 0 Å².